The monoisotopic (exact) mass is 167 g/mol. The molecule has 0 N–H and O–H groups in total. The molecule has 10 heavy (non-hydrogen) atoms. The second-order valence-electron chi connectivity index (χ2n) is 1.96. The summed E-state index contributed by atoms with van der Waals surface area (Å²) in [4.78, 5) is 0. The zero-order valence-corrected chi connectivity index (χ0v) is 7.03. The highest BCUT2D eigenvalue weighted by Crippen LogP contribution is 2.43. The third-order valence-corrected chi connectivity index (χ3v) is 4.44. The van der Waals surface area contributed by atoms with Gasteiger partial charge in [0, 0.05) is 6.07 Å². The molecule has 51 valence electrons. The van der Waals surface area contributed by atoms with Gasteiger partial charge in [0.15, 0.2) is 0 Å². The van der Waals surface area contributed by atoms with Gasteiger partial charge < -0.3 is 0 Å². The maximum atomic E-state index is 3.22. The van der Waals surface area contributed by atoms with E-state index in [9.17, 15) is 0 Å². The largest absolute Gasteiger partial charge is 0.176 e. The van der Waals surface area contributed by atoms with Crippen molar-refractivity contribution in [3.8, 4) is 0 Å². The number of hydrogen-bond donors (Lipinski definition) is 1. The summed E-state index contributed by atoms with van der Waals surface area (Å²) in [6.07, 6.45) is 4.22. The van der Waals surface area contributed by atoms with Crippen molar-refractivity contribution >= 4 is 22.2 Å². The molecule has 1 aromatic rings. The number of thiophene rings is 1. The average Bonchev–Trinajstić information content (AvgIpc) is 2.59. The van der Waals surface area contributed by atoms with Gasteiger partial charge in [-0.3, -0.25) is 0 Å². The Balaban J connectivity index is 2.29. The van der Waals surface area contributed by atoms with E-state index in [-0.39, 0.29) is 10.9 Å². The Morgan fingerprint density at radius 1 is 1.30 bits per heavy atom. The standard InChI is InChI=1S/C8H7S2/c1-2-7-10(6-1)8-4-3-5-9-8/h1-3,5-7,10H. The summed E-state index contributed by atoms with van der Waals surface area (Å²) >= 11 is 1.79. The lowest BCUT2D eigenvalue weighted by molar-refractivity contribution is 1.71. The molecule has 0 nitrogen and oxygen atoms in total. The topological polar surface area (TPSA) is 0 Å². The second-order valence-corrected chi connectivity index (χ2v) is 5.04. The van der Waals surface area contributed by atoms with Gasteiger partial charge in [-0.2, -0.15) is 10.9 Å². The van der Waals surface area contributed by atoms with E-state index < -0.39 is 0 Å². The van der Waals surface area contributed by atoms with E-state index in [0.717, 1.165) is 0 Å². The van der Waals surface area contributed by atoms with Gasteiger partial charge in [0.1, 0.15) is 0 Å². The van der Waals surface area contributed by atoms with Gasteiger partial charge in [-0.25, -0.2) is 0 Å². The van der Waals surface area contributed by atoms with E-state index in [4.69, 9.17) is 0 Å². The first kappa shape index (κ1) is 6.25. The molecule has 0 unspecified atom stereocenters. The number of thiol groups is 1. The van der Waals surface area contributed by atoms with Crippen LogP contribution < -0.4 is 0 Å². The minimum absolute atomic E-state index is 0.101. The van der Waals surface area contributed by atoms with E-state index in [1.807, 2.05) is 6.07 Å². The van der Waals surface area contributed by atoms with Crippen LogP contribution in [0.1, 0.15) is 0 Å². The van der Waals surface area contributed by atoms with Gasteiger partial charge in [-0.05, 0) is 22.3 Å². The second kappa shape index (κ2) is 2.64. The van der Waals surface area contributed by atoms with E-state index in [0.29, 0.717) is 0 Å². The summed E-state index contributed by atoms with van der Waals surface area (Å²) in [5.41, 5.74) is 0. The predicted octanol–water partition coefficient (Wildman–Crippen LogP) is 2.95. The van der Waals surface area contributed by atoms with Crippen LogP contribution in [0, 0.1) is 6.07 Å². The Bertz CT molecular complexity index is 245. The smallest absolute Gasteiger partial charge is 0.0552 e. The molecule has 0 saturated heterocycles. The van der Waals surface area contributed by atoms with Crippen molar-refractivity contribution in [2.75, 3.05) is 0 Å². The lowest BCUT2D eigenvalue weighted by atomic mass is 10.6. The molecule has 0 bridgehead atoms. The maximum absolute atomic E-state index is 3.22. The van der Waals surface area contributed by atoms with Crippen molar-refractivity contribution in [2.45, 2.75) is 4.21 Å². The minimum atomic E-state index is -0.101. The third-order valence-electron chi connectivity index (χ3n) is 1.29. The predicted molar refractivity (Wildman–Crippen MR) is 48.7 cm³/mol. The fraction of sp³-hybridized carbons (Fsp3) is 0. The molecule has 2 heteroatoms. The Hall–Kier alpha value is -0.470. The van der Waals surface area contributed by atoms with E-state index >= 15 is 0 Å². The number of rotatable bonds is 1. The Kier molecular flexibility index (Phi) is 1.65. The molecule has 1 aliphatic heterocycles. The van der Waals surface area contributed by atoms with Crippen LogP contribution in [0.4, 0.5) is 0 Å². The summed E-state index contributed by atoms with van der Waals surface area (Å²) in [6.45, 7) is 0. The first-order chi connectivity index (χ1) is 4.97. The van der Waals surface area contributed by atoms with Gasteiger partial charge in [0.05, 0.1) is 4.21 Å². The third kappa shape index (κ3) is 1.04. The van der Waals surface area contributed by atoms with Gasteiger partial charge in [0.25, 0.3) is 0 Å². The van der Waals surface area contributed by atoms with Crippen LogP contribution in [-0.4, -0.2) is 0 Å². The molecule has 1 aromatic heterocycles. The van der Waals surface area contributed by atoms with E-state index in [2.05, 4.69) is 34.4 Å². The quantitative estimate of drug-likeness (QED) is 0.611. The van der Waals surface area contributed by atoms with Gasteiger partial charge in [-0.15, -0.1) is 11.3 Å². The molecule has 0 fully saturated rings. The highest BCUT2D eigenvalue weighted by molar-refractivity contribution is 8.23. The molecular weight excluding hydrogens is 160 g/mol. The molecule has 1 aliphatic rings. The van der Waals surface area contributed by atoms with Gasteiger partial charge >= 0.3 is 0 Å². The van der Waals surface area contributed by atoms with Crippen molar-refractivity contribution in [3.05, 3.63) is 40.5 Å². The van der Waals surface area contributed by atoms with Crippen molar-refractivity contribution in [2.24, 2.45) is 0 Å². The SMILES string of the molecule is [c]1ccsc1[SH]1C=CC=C1. The van der Waals surface area contributed by atoms with Crippen LogP contribution >= 0.6 is 22.2 Å². The number of hydrogen-bond acceptors (Lipinski definition) is 1. The zero-order valence-electron chi connectivity index (χ0n) is 5.32. The molecule has 2 heterocycles. The lowest BCUT2D eigenvalue weighted by Crippen LogP contribution is -1.61. The summed E-state index contributed by atoms with van der Waals surface area (Å²) in [7, 11) is -0.101. The van der Waals surface area contributed by atoms with Crippen LogP contribution in [0.3, 0.4) is 0 Å². The summed E-state index contributed by atoms with van der Waals surface area (Å²) in [5.74, 6) is 0. The Morgan fingerprint density at radius 2 is 2.10 bits per heavy atom. The molecule has 0 spiro atoms. The maximum Gasteiger partial charge on any atom is 0.0552 e. The molecule has 0 aliphatic carbocycles. The first-order valence-corrected chi connectivity index (χ1v) is 5.41. The van der Waals surface area contributed by atoms with Crippen LogP contribution in [-0.2, 0) is 0 Å². The lowest BCUT2D eigenvalue weighted by Gasteiger charge is -2.03. The highest BCUT2D eigenvalue weighted by atomic mass is 32.2. The fourth-order valence-corrected chi connectivity index (χ4v) is 3.44. The Morgan fingerprint density at radius 3 is 2.70 bits per heavy atom. The zero-order chi connectivity index (χ0) is 6.81. The summed E-state index contributed by atoms with van der Waals surface area (Å²) in [5, 5.41) is 6.58. The van der Waals surface area contributed by atoms with E-state index in [1.165, 1.54) is 4.21 Å². The molecular formula is C8H7S2. The van der Waals surface area contributed by atoms with Crippen molar-refractivity contribution in [3.63, 3.8) is 0 Å². The molecule has 0 saturated carbocycles. The van der Waals surface area contributed by atoms with E-state index in [1.54, 1.807) is 11.3 Å². The van der Waals surface area contributed by atoms with Crippen molar-refractivity contribution < 1.29 is 0 Å². The molecule has 0 amide bonds. The van der Waals surface area contributed by atoms with Crippen molar-refractivity contribution in [1.82, 2.24) is 0 Å². The van der Waals surface area contributed by atoms with Crippen molar-refractivity contribution in [1.29, 1.82) is 0 Å². The van der Waals surface area contributed by atoms with Crippen LogP contribution in [0.25, 0.3) is 0 Å². The minimum Gasteiger partial charge on any atom is -0.176 e. The van der Waals surface area contributed by atoms with Gasteiger partial charge in [0.2, 0.25) is 0 Å². The number of allylic oxidation sites excluding steroid dienone is 2. The molecule has 0 aromatic carbocycles. The first-order valence-electron chi connectivity index (χ1n) is 3.05. The summed E-state index contributed by atoms with van der Waals surface area (Å²) < 4.78 is 1.38. The van der Waals surface area contributed by atoms with Crippen LogP contribution in [0.5, 0.6) is 0 Å². The fourth-order valence-electron chi connectivity index (χ4n) is 0.843. The van der Waals surface area contributed by atoms with Crippen LogP contribution in [0.15, 0.2) is 38.6 Å². The van der Waals surface area contributed by atoms with Gasteiger partial charge in [-0.1, -0.05) is 12.2 Å². The summed E-state index contributed by atoms with van der Waals surface area (Å²) in [6, 6.07) is 5.21. The Labute approximate surface area is 67.2 Å². The highest BCUT2D eigenvalue weighted by Gasteiger charge is 2.02. The molecule has 2 rings (SSSR count). The molecule has 0 atom stereocenters. The average molecular weight is 167 g/mol. The van der Waals surface area contributed by atoms with Crippen LogP contribution in [0.2, 0.25) is 0 Å². The normalized spacial score (nSPS) is 18.6. The molecule has 1 radical (unpaired) electrons.